The Morgan fingerprint density at radius 2 is 2.00 bits per heavy atom. The smallest absolute Gasteiger partial charge is 0.291 e. The van der Waals surface area contributed by atoms with E-state index in [0.29, 0.717) is 11.0 Å². The van der Waals surface area contributed by atoms with E-state index in [4.69, 9.17) is 4.42 Å². The lowest BCUT2D eigenvalue weighted by Gasteiger charge is -2.25. The van der Waals surface area contributed by atoms with E-state index in [1.165, 1.54) is 31.4 Å². The zero-order chi connectivity index (χ0) is 16.2. The second-order valence-corrected chi connectivity index (χ2v) is 6.60. The molecule has 1 saturated heterocycles. The summed E-state index contributed by atoms with van der Waals surface area (Å²) in [6.07, 6.45) is 3.69. The first-order valence-electron chi connectivity index (χ1n) is 7.69. The summed E-state index contributed by atoms with van der Waals surface area (Å²) < 4.78 is 20.0. The second-order valence-electron chi connectivity index (χ2n) is 5.68. The van der Waals surface area contributed by atoms with Crippen molar-refractivity contribution < 1.29 is 13.6 Å². The van der Waals surface area contributed by atoms with Gasteiger partial charge in [0, 0.05) is 4.47 Å². The molecule has 0 saturated carbocycles. The summed E-state index contributed by atoms with van der Waals surface area (Å²) in [6, 6.07) is 7.92. The minimum atomic E-state index is -0.493. The average molecular weight is 381 g/mol. The van der Waals surface area contributed by atoms with Crippen molar-refractivity contribution in [3.05, 3.63) is 52.1 Å². The quantitative estimate of drug-likeness (QED) is 0.853. The van der Waals surface area contributed by atoms with E-state index in [1.54, 1.807) is 12.1 Å². The van der Waals surface area contributed by atoms with E-state index in [-0.39, 0.29) is 11.4 Å². The van der Waals surface area contributed by atoms with Crippen molar-refractivity contribution in [1.82, 2.24) is 4.90 Å². The van der Waals surface area contributed by atoms with Crippen LogP contribution in [0, 0.1) is 5.82 Å². The van der Waals surface area contributed by atoms with Crippen LogP contribution < -0.4 is 5.32 Å². The van der Waals surface area contributed by atoms with Crippen LogP contribution in [-0.4, -0.2) is 23.9 Å². The highest BCUT2D eigenvalue weighted by molar-refractivity contribution is 9.10. The number of likely N-dealkylation sites (tertiary alicyclic amines) is 1. The van der Waals surface area contributed by atoms with Crippen molar-refractivity contribution >= 4 is 27.5 Å². The molecule has 1 aromatic carbocycles. The van der Waals surface area contributed by atoms with Crippen molar-refractivity contribution in [2.24, 2.45) is 0 Å². The third kappa shape index (κ3) is 4.20. The van der Waals surface area contributed by atoms with Crippen molar-refractivity contribution in [3.8, 4) is 0 Å². The molecule has 2 aromatic rings. The zero-order valence-electron chi connectivity index (χ0n) is 12.6. The summed E-state index contributed by atoms with van der Waals surface area (Å²) in [7, 11) is 0. The Labute approximate surface area is 142 Å². The van der Waals surface area contributed by atoms with Gasteiger partial charge in [0.2, 0.25) is 0 Å². The van der Waals surface area contributed by atoms with E-state index < -0.39 is 11.7 Å². The van der Waals surface area contributed by atoms with Crippen LogP contribution in [0.5, 0.6) is 0 Å². The molecule has 0 spiro atoms. The first kappa shape index (κ1) is 16.2. The number of rotatable bonds is 4. The molecule has 1 aliphatic heterocycles. The number of amides is 1. The molecule has 122 valence electrons. The van der Waals surface area contributed by atoms with Crippen LogP contribution in [0.15, 0.2) is 39.2 Å². The standard InChI is InChI=1S/C17H18BrFN2O2/c18-12-4-6-15(14(19)10-12)20-17(22)16-7-5-13(23-16)11-21-8-2-1-3-9-21/h4-7,10H,1-3,8-9,11H2,(H,20,22). The first-order chi connectivity index (χ1) is 11.1. The van der Waals surface area contributed by atoms with Crippen molar-refractivity contribution in [3.63, 3.8) is 0 Å². The van der Waals surface area contributed by atoms with E-state index in [1.807, 2.05) is 6.07 Å². The Bertz CT molecular complexity index is 696. The molecule has 2 heterocycles. The number of piperidine rings is 1. The third-order valence-electron chi connectivity index (χ3n) is 3.89. The van der Waals surface area contributed by atoms with Gasteiger partial charge in [0.05, 0.1) is 12.2 Å². The Balaban J connectivity index is 1.63. The van der Waals surface area contributed by atoms with Gasteiger partial charge in [-0.15, -0.1) is 0 Å². The van der Waals surface area contributed by atoms with Gasteiger partial charge in [-0.05, 0) is 56.3 Å². The minimum Gasteiger partial charge on any atom is -0.455 e. The molecular formula is C17H18BrFN2O2. The molecule has 3 rings (SSSR count). The fourth-order valence-electron chi connectivity index (χ4n) is 2.70. The van der Waals surface area contributed by atoms with Gasteiger partial charge in [-0.2, -0.15) is 0 Å². The fourth-order valence-corrected chi connectivity index (χ4v) is 3.03. The largest absolute Gasteiger partial charge is 0.455 e. The highest BCUT2D eigenvalue weighted by atomic mass is 79.9. The molecule has 0 bridgehead atoms. The predicted molar refractivity (Wildman–Crippen MR) is 89.9 cm³/mol. The molecule has 0 atom stereocenters. The van der Waals surface area contributed by atoms with Crippen molar-refractivity contribution in [2.45, 2.75) is 25.8 Å². The molecule has 1 N–H and O–H groups in total. The zero-order valence-corrected chi connectivity index (χ0v) is 14.2. The monoisotopic (exact) mass is 380 g/mol. The number of anilines is 1. The number of hydrogen-bond donors (Lipinski definition) is 1. The number of carbonyl (C=O) groups excluding carboxylic acids is 1. The summed E-state index contributed by atoms with van der Waals surface area (Å²) in [4.78, 5) is 14.5. The SMILES string of the molecule is O=C(Nc1ccc(Br)cc1F)c1ccc(CN2CCCCC2)o1. The average Bonchev–Trinajstić information content (AvgIpc) is 3.00. The van der Waals surface area contributed by atoms with Gasteiger partial charge in [0.25, 0.3) is 5.91 Å². The van der Waals surface area contributed by atoms with Gasteiger partial charge in [-0.3, -0.25) is 9.69 Å². The maximum Gasteiger partial charge on any atom is 0.291 e. The molecule has 1 fully saturated rings. The maximum absolute atomic E-state index is 13.8. The molecule has 1 amide bonds. The van der Waals surface area contributed by atoms with E-state index in [0.717, 1.165) is 18.8 Å². The van der Waals surface area contributed by atoms with Gasteiger partial charge in [0.1, 0.15) is 11.6 Å². The number of halogens is 2. The highest BCUT2D eigenvalue weighted by Gasteiger charge is 2.16. The minimum absolute atomic E-state index is 0.132. The molecule has 4 nitrogen and oxygen atoms in total. The number of furan rings is 1. The summed E-state index contributed by atoms with van der Waals surface area (Å²) in [5.74, 6) is 0.0107. The Morgan fingerprint density at radius 3 is 2.74 bits per heavy atom. The Kier molecular flexibility index (Phi) is 5.13. The topological polar surface area (TPSA) is 45.5 Å². The van der Waals surface area contributed by atoms with Gasteiger partial charge in [-0.25, -0.2) is 4.39 Å². The third-order valence-corrected chi connectivity index (χ3v) is 4.39. The van der Waals surface area contributed by atoms with Crippen molar-refractivity contribution in [1.29, 1.82) is 0 Å². The van der Waals surface area contributed by atoms with Crippen LogP contribution in [0.4, 0.5) is 10.1 Å². The summed E-state index contributed by atoms with van der Waals surface area (Å²) >= 11 is 3.18. The van der Waals surface area contributed by atoms with E-state index in [9.17, 15) is 9.18 Å². The van der Waals surface area contributed by atoms with Crippen LogP contribution >= 0.6 is 15.9 Å². The summed E-state index contributed by atoms with van der Waals surface area (Å²) in [5, 5.41) is 2.53. The van der Waals surface area contributed by atoms with Gasteiger partial charge >= 0.3 is 0 Å². The van der Waals surface area contributed by atoms with Gasteiger partial charge < -0.3 is 9.73 Å². The maximum atomic E-state index is 13.8. The number of nitrogens with one attached hydrogen (secondary N) is 1. The Morgan fingerprint density at radius 1 is 1.22 bits per heavy atom. The van der Waals surface area contributed by atoms with Crippen LogP contribution in [0.1, 0.15) is 35.6 Å². The molecule has 1 aromatic heterocycles. The first-order valence-corrected chi connectivity index (χ1v) is 8.48. The predicted octanol–water partition coefficient (Wildman–Crippen LogP) is 4.42. The number of nitrogens with zero attached hydrogens (tertiary/aromatic N) is 1. The summed E-state index contributed by atoms with van der Waals surface area (Å²) in [6.45, 7) is 2.83. The van der Waals surface area contributed by atoms with Crippen LogP contribution in [-0.2, 0) is 6.54 Å². The van der Waals surface area contributed by atoms with Crippen LogP contribution in [0.3, 0.4) is 0 Å². The van der Waals surface area contributed by atoms with E-state index >= 15 is 0 Å². The molecule has 0 radical (unpaired) electrons. The van der Waals surface area contributed by atoms with Gasteiger partial charge in [0.15, 0.2) is 5.76 Å². The fraction of sp³-hybridized carbons (Fsp3) is 0.353. The molecule has 1 aliphatic rings. The molecule has 23 heavy (non-hydrogen) atoms. The van der Waals surface area contributed by atoms with Crippen molar-refractivity contribution in [2.75, 3.05) is 18.4 Å². The number of carbonyl (C=O) groups is 1. The summed E-state index contributed by atoms with van der Waals surface area (Å²) in [5.41, 5.74) is 0.132. The lowest BCUT2D eigenvalue weighted by atomic mass is 10.1. The molecule has 0 aliphatic carbocycles. The molecule has 0 unspecified atom stereocenters. The Hall–Kier alpha value is -1.66. The molecular weight excluding hydrogens is 363 g/mol. The van der Waals surface area contributed by atoms with Crippen LogP contribution in [0.2, 0.25) is 0 Å². The lowest BCUT2D eigenvalue weighted by Crippen LogP contribution is -2.28. The van der Waals surface area contributed by atoms with Crippen LogP contribution in [0.25, 0.3) is 0 Å². The van der Waals surface area contributed by atoms with Gasteiger partial charge in [-0.1, -0.05) is 22.4 Å². The second kappa shape index (κ2) is 7.27. The highest BCUT2D eigenvalue weighted by Crippen LogP contribution is 2.21. The lowest BCUT2D eigenvalue weighted by molar-refractivity contribution is 0.0991. The van der Waals surface area contributed by atoms with E-state index in [2.05, 4.69) is 26.1 Å². The number of hydrogen-bond acceptors (Lipinski definition) is 3. The normalized spacial score (nSPS) is 15.6. The number of benzene rings is 1. The molecule has 6 heteroatoms.